The van der Waals surface area contributed by atoms with Crippen LogP contribution in [0.15, 0.2) is 24.3 Å². The second-order valence-corrected chi connectivity index (χ2v) is 8.15. The number of carbonyl (C=O) groups excluding carboxylic acids is 2. The predicted octanol–water partition coefficient (Wildman–Crippen LogP) is 2.06. The highest BCUT2D eigenvalue weighted by atomic mass is 35.5. The number of nitrogens with zero attached hydrogens (tertiary/aromatic N) is 2. The maximum absolute atomic E-state index is 13.5. The quantitative estimate of drug-likeness (QED) is 0.703. The SMILES string of the molecule is COCCNC(=O)CN1CCN(C(=O)C2(c3cccc(Cl)c3)CCCC2)CC1. The molecule has 2 amide bonds. The van der Waals surface area contributed by atoms with Crippen molar-refractivity contribution < 1.29 is 14.3 Å². The summed E-state index contributed by atoms with van der Waals surface area (Å²) < 4.78 is 4.94. The molecule has 0 atom stereocenters. The van der Waals surface area contributed by atoms with Crippen LogP contribution < -0.4 is 5.32 Å². The van der Waals surface area contributed by atoms with Gasteiger partial charge in [0.05, 0.1) is 18.6 Å². The molecule has 1 saturated heterocycles. The lowest BCUT2D eigenvalue weighted by Crippen LogP contribution is -2.55. The minimum absolute atomic E-state index is 0.00279. The monoisotopic (exact) mass is 407 g/mol. The molecule has 1 aliphatic carbocycles. The van der Waals surface area contributed by atoms with Crippen LogP contribution in [0.25, 0.3) is 0 Å². The zero-order valence-electron chi connectivity index (χ0n) is 16.6. The number of amides is 2. The molecular weight excluding hydrogens is 378 g/mol. The van der Waals surface area contributed by atoms with Crippen molar-refractivity contribution >= 4 is 23.4 Å². The van der Waals surface area contributed by atoms with Crippen molar-refractivity contribution in [1.29, 1.82) is 0 Å². The molecular formula is C21H30ClN3O3. The summed E-state index contributed by atoms with van der Waals surface area (Å²) in [6.07, 6.45) is 3.91. The number of halogens is 1. The number of ether oxygens (including phenoxy) is 1. The molecule has 1 saturated carbocycles. The highest BCUT2D eigenvalue weighted by molar-refractivity contribution is 6.30. The normalized spacial score (nSPS) is 19.6. The first-order chi connectivity index (χ1) is 13.5. The Bertz CT molecular complexity index is 683. The number of nitrogens with one attached hydrogen (secondary N) is 1. The molecule has 2 fully saturated rings. The molecule has 2 aliphatic rings. The Morgan fingerprint density at radius 1 is 1.18 bits per heavy atom. The van der Waals surface area contributed by atoms with E-state index in [-0.39, 0.29) is 11.8 Å². The van der Waals surface area contributed by atoms with Crippen LogP contribution in [-0.4, -0.2) is 74.6 Å². The van der Waals surface area contributed by atoms with E-state index >= 15 is 0 Å². The molecule has 0 spiro atoms. The number of methoxy groups -OCH3 is 1. The summed E-state index contributed by atoms with van der Waals surface area (Å²) in [7, 11) is 1.61. The molecule has 7 heteroatoms. The maximum atomic E-state index is 13.5. The highest BCUT2D eigenvalue weighted by Gasteiger charge is 2.45. The molecule has 28 heavy (non-hydrogen) atoms. The van der Waals surface area contributed by atoms with Gasteiger partial charge in [-0.3, -0.25) is 14.5 Å². The Morgan fingerprint density at radius 3 is 2.54 bits per heavy atom. The van der Waals surface area contributed by atoms with Gasteiger partial charge in [0.15, 0.2) is 0 Å². The lowest BCUT2D eigenvalue weighted by Gasteiger charge is -2.40. The third-order valence-electron chi connectivity index (χ3n) is 5.90. The van der Waals surface area contributed by atoms with E-state index in [2.05, 4.69) is 10.2 Å². The maximum Gasteiger partial charge on any atom is 0.234 e. The number of hydrogen-bond acceptors (Lipinski definition) is 4. The first-order valence-corrected chi connectivity index (χ1v) is 10.5. The first kappa shape index (κ1) is 21.1. The molecule has 1 aromatic carbocycles. The Balaban J connectivity index is 1.58. The van der Waals surface area contributed by atoms with Crippen molar-refractivity contribution in [2.24, 2.45) is 0 Å². The summed E-state index contributed by atoms with van der Waals surface area (Å²) in [6.45, 7) is 4.16. The number of piperazine rings is 1. The van der Waals surface area contributed by atoms with E-state index < -0.39 is 5.41 Å². The summed E-state index contributed by atoms with van der Waals surface area (Å²) in [5.41, 5.74) is 0.604. The van der Waals surface area contributed by atoms with Gasteiger partial charge in [-0.05, 0) is 30.5 Å². The fraction of sp³-hybridized carbons (Fsp3) is 0.619. The standard InChI is InChI=1S/C21H30ClN3O3/c1-28-14-9-23-19(26)16-24-10-12-25(13-11-24)20(27)21(7-2-3-8-21)17-5-4-6-18(22)15-17/h4-6,15H,2-3,7-14,16H2,1H3,(H,23,26). The highest BCUT2D eigenvalue weighted by Crippen LogP contribution is 2.43. The number of rotatable bonds is 7. The Hall–Kier alpha value is -1.63. The predicted molar refractivity (Wildman–Crippen MR) is 110 cm³/mol. The molecule has 1 aliphatic heterocycles. The molecule has 0 bridgehead atoms. The zero-order valence-corrected chi connectivity index (χ0v) is 17.3. The second kappa shape index (κ2) is 9.72. The number of carbonyl (C=O) groups is 2. The van der Waals surface area contributed by atoms with Crippen molar-refractivity contribution in [2.75, 3.05) is 53.0 Å². The lowest BCUT2D eigenvalue weighted by atomic mass is 9.77. The minimum atomic E-state index is -0.440. The average molecular weight is 408 g/mol. The largest absolute Gasteiger partial charge is 0.383 e. The fourth-order valence-electron chi connectivity index (χ4n) is 4.35. The summed E-state index contributed by atoms with van der Waals surface area (Å²) in [5.74, 6) is 0.222. The van der Waals surface area contributed by atoms with E-state index in [0.29, 0.717) is 37.8 Å². The van der Waals surface area contributed by atoms with Crippen molar-refractivity contribution in [3.8, 4) is 0 Å². The number of benzene rings is 1. The van der Waals surface area contributed by atoms with Gasteiger partial charge < -0.3 is 15.0 Å². The Morgan fingerprint density at radius 2 is 1.89 bits per heavy atom. The molecule has 154 valence electrons. The molecule has 0 unspecified atom stereocenters. The molecule has 0 aromatic heterocycles. The van der Waals surface area contributed by atoms with Gasteiger partial charge in [0.2, 0.25) is 11.8 Å². The van der Waals surface area contributed by atoms with Crippen LogP contribution in [0.3, 0.4) is 0 Å². The topological polar surface area (TPSA) is 61.9 Å². The van der Waals surface area contributed by atoms with Gasteiger partial charge in [0, 0.05) is 44.9 Å². The van der Waals surface area contributed by atoms with Crippen LogP contribution in [0.5, 0.6) is 0 Å². The summed E-state index contributed by atoms with van der Waals surface area (Å²) in [4.78, 5) is 29.6. The average Bonchev–Trinajstić information content (AvgIpc) is 3.19. The molecule has 1 heterocycles. The van der Waals surface area contributed by atoms with Crippen molar-refractivity contribution in [1.82, 2.24) is 15.1 Å². The summed E-state index contributed by atoms with van der Waals surface area (Å²) >= 11 is 6.21. The van der Waals surface area contributed by atoms with Crippen LogP contribution >= 0.6 is 11.6 Å². The van der Waals surface area contributed by atoms with Crippen molar-refractivity contribution in [3.63, 3.8) is 0 Å². The van der Waals surface area contributed by atoms with Gasteiger partial charge in [-0.1, -0.05) is 36.6 Å². The second-order valence-electron chi connectivity index (χ2n) is 7.71. The minimum Gasteiger partial charge on any atom is -0.383 e. The van der Waals surface area contributed by atoms with Gasteiger partial charge in [0.25, 0.3) is 0 Å². The first-order valence-electron chi connectivity index (χ1n) is 10.1. The van der Waals surface area contributed by atoms with Crippen LogP contribution in [-0.2, 0) is 19.7 Å². The third-order valence-corrected chi connectivity index (χ3v) is 6.13. The van der Waals surface area contributed by atoms with Crippen LogP contribution in [0.1, 0.15) is 31.2 Å². The Labute approximate surface area is 172 Å². The van der Waals surface area contributed by atoms with Crippen LogP contribution in [0.2, 0.25) is 5.02 Å². The van der Waals surface area contributed by atoms with E-state index in [0.717, 1.165) is 44.3 Å². The van der Waals surface area contributed by atoms with E-state index in [1.807, 2.05) is 29.2 Å². The van der Waals surface area contributed by atoms with Gasteiger partial charge in [-0.2, -0.15) is 0 Å². The lowest BCUT2D eigenvalue weighted by molar-refractivity contribution is -0.139. The molecule has 0 radical (unpaired) electrons. The van der Waals surface area contributed by atoms with E-state index in [9.17, 15) is 9.59 Å². The van der Waals surface area contributed by atoms with Crippen molar-refractivity contribution in [3.05, 3.63) is 34.9 Å². The van der Waals surface area contributed by atoms with Crippen molar-refractivity contribution in [2.45, 2.75) is 31.1 Å². The molecule has 6 nitrogen and oxygen atoms in total. The molecule has 1 N–H and O–H groups in total. The number of hydrogen-bond donors (Lipinski definition) is 1. The third kappa shape index (κ3) is 4.85. The molecule has 3 rings (SSSR count). The summed E-state index contributed by atoms with van der Waals surface area (Å²) in [6, 6.07) is 7.78. The van der Waals surface area contributed by atoms with Crippen LogP contribution in [0, 0.1) is 0 Å². The Kier molecular flexibility index (Phi) is 7.32. The van der Waals surface area contributed by atoms with Gasteiger partial charge in [-0.25, -0.2) is 0 Å². The molecule has 1 aromatic rings. The zero-order chi connectivity index (χ0) is 20.0. The van der Waals surface area contributed by atoms with E-state index in [1.54, 1.807) is 7.11 Å². The smallest absolute Gasteiger partial charge is 0.234 e. The summed E-state index contributed by atoms with van der Waals surface area (Å²) in [5, 5.41) is 3.53. The van der Waals surface area contributed by atoms with Gasteiger partial charge >= 0.3 is 0 Å². The van der Waals surface area contributed by atoms with Gasteiger partial charge in [0.1, 0.15) is 0 Å². The van der Waals surface area contributed by atoms with E-state index in [4.69, 9.17) is 16.3 Å². The van der Waals surface area contributed by atoms with Crippen LogP contribution in [0.4, 0.5) is 0 Å². The van der Waals surface area contributed by atoms with E-state index in [1.165, 1.54) is 0 Å². The van der Waals surface area contributed by atoms with Gasteiger partial charge in [-0.15, -0.1) is 0 Å². The fourth-order valence-corrected chi connectivity index (χ4v) is 4.54.